The molecule has 0 saturated carbocycles. The minimum atomic E-state index is -0.392. The summed E-state index contributed by atoms with van der Waals surface area (Å²) in [6, 6.07) is 3.67. The maximum absolute atomic E-state index is 10.4. The lowest BCUT2D eigenvalue weighted by Crippen LogP contribution is -2.08. The number of rotatable bonds is 2. The quantitative estimate of drug-likeness (QED) is 0.659. The van der Waals surface area contributed by atoms with Crippen molar-refractivity contribution in [1.29, 1.82) is 0 Å². The highest BCUT2D eigenvalue weighted by molar-refractivity contribution is 14.1. The number of carbonyl (C=O) groups is 1. The van der Waals surface area contributed by atoms with Gasteiger partial charge in [0.05, 0.1) is 3.57 Å². The molecule has 1 rings (SSSR count). The van der Waals surface area contributed by atoms with E-state index in [1.54, 1.807) is 12.3 Å². The van der Waals surface area contributed by atoms with Crippen molar-refractivity contribution >= 4 is 34.4 Å². The van der Waals surface area contributed by atoms with Crippen LogP contribution in [-0.2, 0) is 9.63 Å². The summed E-state index contributed by atoms with van der Waals surface area (Å²) in [6.07, 6.45) is 1.62. The SMILES string of the molecule is CC(=O)ONc1ncccc1I. The molecule has 1 aromatic heterocycles. The highest BCUT2D eigenvalue weighted by Crippen LogP contribution is 2.13. The lowest BCUT2D eigenvalue weighted by Gasteiger charge is -2.04. The summed E-state index contributed by atoms with van der Waals surface area (Å²) in [4.78, 5) is 18.9. The molecule has 1 N–H and O–H groups in total. The third kappa shape index (κ3) is 2.65. The number of aromatic nitrogens is 1. The van der Waals surface area contributed by atoms with Gasteiger partial charge in [-0.15, -0.1) is 0 Å². The second kappa shape index (κ2) is 4.24. The summed E-state index contributed by atoms with van der Waals surface area (Å²) in [5.41, 5.74) is 2.44. The second-order valence-corrected chi connectivity index (χ2v) is 3.19. The molecule has 0 unspecified atom stereocenters. The Labute approximate surface area is 83.4 Å². The zero-order valence-electron chi connectivity index (χ0n) is 6.37. The number of nitrogens with zero attached hydrogens (tertiary/aromatic N) is 1. The van der Waals surface area contributed by atoms with Crippen molar-refractivity contribution in [3.05, 3.63) is 21.9 Å². The number of anilines is 1. The first-order valence-corrected chi connectivity index (χ1v) is 4.32. The molecule has 4 nitrogen and oxygen atoms in total. The molecule has 0 aromatic carbocycles. The lowest BCUT2D eigenvalue weighted by atomic mass is 10.5. The molecule has 0 spiro atoms. The summed E-state index contributed by atoms with van der Waals surface area (Å²) in [5.74, 6) is 0.157. The zero-order chi connectivity index (χ0) is 8.97. The first-order chi connectivity index (χ1) is 5.70. The molecule has 5 heteroatoms. The molecular weight excluding hydrogens is 271 g/mol. The van der Waals surface area contributed by atoms with E-state index in [1.807, 2.05) is 6.07 Å². The molecule has 0 amide bonds. The van der Waals surface area contributed by atoms with Gasteiger partial charge in [0.25, 0.3) is 0 Å². The third-order valence-corrected chi connectivity index (χ3v) is 1.92. The van der Waals surface area contributed by atoms with E-state index in [0.29, 0.717) is 5.82 Å². The van der Waals surface area contributed by atoms with E-state index in [-0.39, 0.29) is 0 Å². The fraction of sp³-hybridized carbons (Fsp3) is 0.143. The van der Waals surface area contributed by atoms with Crippen molar-refractivity contribution in [3.63, 3.8) is 0 Å². The average molecular weight is 278 g/mol. The van der Waals surface area contributed by atoms with Gasteiger partial charge >= 0.3 is 5.97 Å². The molecule has 0 bridgehead atoms. The smallest absolute Gasteiger partial charge is 0.329 e. The van der Waals surface area contributed by atoms with Gasteiger partial charge in [0.1, 0.15) is 0 Å². The van der Waals surface area contributed by atoms with Crippen LogP contribution in [0.4, 0.5) is 5.82 Å². The van der Waals surface area contributed by atoms with E-state index in [2.05, 4.69) is 37.9 Å². The van der Waals surface area contributed by atoms with Gasteiger partial charge in [-0.25, -0.2) is 4.98 Å². The number of nitrogens with one attached hydrogen (secondary N) is 1. The number of halogens is 1. The van der Waals surface area contributed by atoms with Crippen LogP contribution in [0.25, 0.3) is 0 Å². The van der Waals surface area contributed by atoms with Crippen LogP contribution in [0.5, 0.6) is 0 Å². The summed E-state index contributed by atoms with van der Waals surface area (Å²) < 4.78 is 0.899. The molecule has 0 atom stereocenters. The van der Waals surface area contributed by atoms with Gasteiger partial charge in [0.2, 0.25) is 0 Å². The van der Waals surface area contributed by atoms with Crippen molar-refractivity contribution in [2.24, 2.45) is 0 Å². The molecule has 1 heterocycles. The largest absolute Gasteiger partial charge is 0.342 e. The van der Waals surface area contributed by atoms with E-state index in [1.165, 1.54) is 6.92 Å². The highest BCUT2D eigenvalue weighted by atomic mass is 127. The van der Waals surface area contributed by atoms with Gasteiger partial charge < -0.3 is 4.84 Å². The highest BCUT2D eigenvalue weighted by Gasteiger charge is 1.99. The van der Waals surface area contributed by atoms with Gasteiger partial charge in [-0.05, 0) is 34.7 Å². The molecular formula is C7H7IN2O2. The van der Waals surface area contributed by atoms with Crippen LogP contribution >= 0.6 is 22.6 Å². The van der Waals surface area contributed by atoms with Crippen molar-refractivity contribution < 1.29 is 9.63 Å². The number of carbonyl (C=O) groups excluding carboxylic acids is 1. The molecule has 0 fully saturated rings. The Morgan fingerprint density at radius 3 is 3.08 bits per heavy atom. The van der Waals surface area contributed by atoms with Crippen LogP contribution in [0.2, 0.25) is 0 Å². The molecule has 1 aromatic rings. The van der Waals surface area contributed by atoms with E-state index >= 15 is 0 Å². The van der Waals surface area contributed by atoms with E-state index in [4.69, 9.17) is 0 Å². The molecule has 0 aliphatic rings. The molecule has 0 saturated heterocycles. The number of hydrogen-bond donors (Lipinski definition) is 1. The number of pyridine rings is 1. The lowest BCUT2D eigenvalue weighted by molar-refractivity contribution is -0.138. The normalized spacial score (nSPS) is 9.17. The Hall–Kier alpha value is -0.850. The van der Waals surface area contributed by atoms with Crippen LogP contribution in [0.1, 0.15) is 6.92 Å². The molecule has 0 radical (unpaired) electrons. The Morgan fingerprint density at radius 2 is 2.50 bits per heavy atom. The van der Waals surface area contributed by atoms with Crippen LogP contribution < -0.4 is 5.48 Å². The van der Waals surface area contributed by atoms with E-state index < -0.39 is 5.97 Å². The predicted octanol–water partition coefficient (Wildman–Crippen LogP) is 1.58. The standard InChI is InChI=1S/C7H7IN2O2/c1-5(11)12-10-7-6(8)3-2-4-9-7/h2-4H,1H3,(H,9,10). The van der Waals surface area contributed by atoms with Crippen LogP contribution in [0.15, 0.2) is 18.3 Å². The molecule has 12 heavy (non-hydrogen) atoms. The van der Waals surface area contributed by atoms with Crippen molar-refractivity contribution in [2.75, 3.05) is 5.48 Å². The second-order valence-electron chi connectivity index (χ2n) is 2.03. The van der Waals surface area contributed by atoms with E-state index in [9.17, 15) is 4.79 Å². The van der Waals surface area contributed by atoms with Crippen LogP contribution in [0.3, 0.4) is 0 Å². The van der Waals surface area contributed by atoms with Gasteiger partial charge in [-0.3, -0.25) is 4.79 Å². The topological polar surface area (TPSA) is 51.2 Å². The van der Waals surface area contributed by atoms with Gasteiger partial charge in [-0.1, -0.05) is 0 Å². The molecule has 64 valence electrons. The van der Waals surface area contributed by atoms with Crippen LogP contribution in [0, 0.1) is 3.57 Å². The van der Waals surface area contributed by atoms with Gasteiger partial charge in [-0.2, -0.15) is 5.48 Å². The summed E-state index contributed by atoms with van der Waals surface area (Å²) in [7, 11) is 0. The fourth-order valence-corrected chi connectivity index (χ4v) is 1.04. The Balaban J connectivity index is 2.63. The first-order valence-electron chi connectivity index (χ1n) is 3.24. The maximum Gasteiger partial charge on any atom is 0.329 e. The fourth-order valence-electron chi connectivity index (χ4n) is 0.581. The average Bonchev–Trinajstić information content (AvgIpc) is 2.03. The number of hydrogen-bond acceptors (Lipinski definition) is 4. The summed E-state index contributed by atoms with van der Waals surface area (Å²) in [5, 5.41) is 0. The van der Waals surface area contributed by atoms with Gasteiger partial charge in [0, 0.05) is 13.1 Å². The van der Waals surface area contributed by atoms with Crippen LogP contribution in [-0.4, -0.2) is 11.0 Å². The van der Waals surface area contributed by atoms with Crippen molar-refractivity contribution in [2.45, 2.75) is 6.92 Å². The Bertz CT molecular complexity index is 290. The summed E-state index contributed by atoms with van der Waals surface area (Å²) in [6.45, 7) is 1.32. The predicted molar refractivity (Wildman–Crippen MR) is 52.3 cm³/mol. The zero-order valence-corrected chi connectivity index (χ0v) is 8.53. The van der Waals surface area contributed by atoms with Crippen molar-refractivity contribution in [1.82, 2.24) is 4.98 Å². The molecule has 0 aliphatic carbocycles. The Kier molecular flexibility index (Phi) is 3.27. The van der Waals surface area contributed by atoms with Crippen molar-refractivity contribution in [3.8, 4) is 0 Å². The van der Waals surface area contributed by atoms with Gasteiger partial charge in [0.15, 0.2) is 5.82 Å². The minimum Gasteiger partial charge on any atom is -0.342 e. The van der Waals surface area contributed by atoms with E-state index in [0.717, 1.165) is 3.57 Å². The first kappa shape index (κ1) is 9.24. The Morgan fingerprint density at radius 1 is 1.75 bits per heavy atom. The molecule has 0 aliphatic heterocycles. The maximum atomic E-state index is 10.4. The summed E-state index contributed by atoms with van der Waals surface area (Å²) >= 11 is 2.09. The minimum absolute atomic E-state index is 0.392. The third-order valence-electron chi connectivity index (χ3n) is 1.05. The monoisotopic (exact) mass is 278 g/mol.